The molecule has 8 aromatic rings. The van der Waals surface area contributed by atoms with E-state index in [9.17, 15) is 19.5 Å². The first-order valence-electron chi connectivity index (χ1n) is 21.6. The molecule has 0 saturated carbocycles. The molecule has 2 aliphatic rings. The number of hydrogen-bond donors (Lipinski definition) is 4. The van der Waals surface area contributed by atoms with E-state index in [1.165, 1.54) is 11.8 Å². The molecule has 3 atom stereocenters. The summed E-state index contributed by atoms with van der Waals surface area (Å²) in [6, 6.07) is 47.0. The molecular weight excluding hydrogens is 835 g/mol. The summed E-state index contributed by atoms with van der Waals surface area (Å²) in [5.41, 5.74) is 13.1. The summed E-state index contributed by atoms with van der Waals surface area (Å²) < 4.78 is 34.8. The van der Waals surface area contributed by atoms with Crippen LogP contribution in [0.3, 0.4) is 0 Å². The molecule has 10 nitrogen and oxygen atoms in total. The highest BCUT2D eigenvalue weighted by atomic mass is 32.1. The van der Waals surface area contributed by atoms with E-state index in [1.54, 1.807) is 25.3 Å². The summed E-state index contributed by atoms with van der Waals surface area (Å²) in [5, 5.41) is 41.0. The van der Waals surface area contributed by atoms with Crippen molar-refractivity contribution in [1.82, 2.24) is 15.0 Å². The number of ether oxygens (including phenoxy) is 3. The van der Waals surface area contributed by atoms with Crippen molar-refractivity contribution in [2.45, 2.75) is 39.2 Å². The maximum atomic E-state index is 12.6. The lowest BCUT2D eigenvalue weighted by molar-refractivity contribution is 0.0103. The molecule has 3 unspecified atom stereocenters. The van der Waals surface area contributed by atoms with Gasteiger partial charge in [0.2, 0.25) is 0 Å². The van der Waals surface area contributed by atoms with Crippen LogP contribution < -0.4 is 14.2 Å². The zero-order valence-corrected chi connectivity index (χ0v) is 37.9. The number of aromatic hydroxyl groups is 2. The van der Waals surface area contributed by atoms with Crippen molar-refractivity contribution in [1.29, 1.82) is 1.12 Å². The van der Waals surface area contributed by atoms with E-state index in [0.29, 0.717) is 24.7 Å². The lowest BCUT2D eigenvalue weighted by Gasteiger charge is -2.42. The SMILES string of the molecule is COc1ccc(C2=C(c3ccc(O)cc3)COc3c2ccc(O)c3C)cc1.Cc1ccc(C2COc3c(ccc(-n4nnc5ccccc54)c3C)C2(O)c2ccc(C)cc2)cc1.[2H]S(C)=O. The monoisotopic (exact) mass is 886 g/mol. The molecule has 1 aromatic heterocycles. The highest BCUT2D eigenvalue weighted by molar-refractivity contribution is 7.64. The lowest BCUT2D eigenvalue weighted by atomic mass is 9.71. The molecule has 7 aromatic carbocycles. The Bertz CT molecular complexity index is 3080. The maximum absolute atomic E-state index is 12.6. The zero-order valence-electron chi connectivity index (χ0n) is 38.1. The Morgan fingerprint density at radius 2 is 1.40 bits per heavy atom. The average molecular weight is 887 g/mol. The molecule has 3 N–H and O–H groups in total. The van der Waals surface area contributed by atoms with Crippen LogP contribution >= 0.6 is 0 Å². The van der Waals surface area contributed by atoms with Gasteiger partial charge < -0.3 is 29.5 Å². The van der Waals surface area contributed by atoms with E-state index in [2.05, 4.69) is 60.6 Å². The van der Waals surface area contributed by atoms with Crippen molar-refractivity contribution in [3.63, 3.8) is 0 Å². The van der Waals surface area contributed by atoms with Crippen LogP contribution in [0.1, 0.15) is 61.6 Å². The van der Waals surface area contributed by atoms with Crippen LogP contribution in [-0.4, -0.2) is 62.2 Å². The van der Waals surface area contributed by atoms with Gasteiger partial charge in [-0.15, -0.1) is 5.10 Å². The minimum Gasteiger partial charge on any atom is -0.508 e. The topological polar surface area (TPSA) is 136 Å². The number of benzene rings is 7. The molecule has 0 saturated heterocycles. The van der Waals surface area contributed by atoms with Crippen LogP contribution in [0.4, 0.5) is 0 Å². The maximum Gasteiger partial charge on any atom is 0.139 e. The van der Waals surface area contributed by atoms with Crippen LogP contribution in [0.15, 0.2) is 146 Å². The van der Waals surface area contributed by atoms with Gasteiger partial charge in [-0.1, -0.05) is 101 Å². The minimum absolute atomic E-state index is 0.218. The molecule has 3 heterocycles. The molecule has 10 rings (SSSR count). The van der Waals surface area contributed by atoms with E-state index in [-0.39, 0.29) is 17.4 Å². The Morgan fingerprint density at radius 3 is 2.08 bits per heavy atom. The third-order valence-corrected chi connectivity index (χ3v) is 12.1. The van der Waals surface area contributed by atoms with Gasteiger partial charge in [0.1, 0.15) is 47.6 Å². The van der Waals surface area contributed by atoms with Gasteiger partial charge in [0.25, 0.3) is 0 Å². The van der Waals surface area contributed by atoms with Crippen LogP contribution in [0.5, 0.6) is 28.7 Å². The van der Waals surface area contributed by atoms with Crippen LogP contribution in [0.2, 0.25) is 0 Å². The van der Waals surface area contributed by atoms with Gasteiger partial charge in [-0.05, 0) is 116 Å². The molecular formula is C54H51N3O7S. The Hall–Kier alpha value is -7.21. The van der Waals surface area contributed by atoms with Crippen LogP contribution in [0, 0.1) is 27.7 Å². The second-order valence-corrected chi connectivity index (χ2v) is 16.5. The second-order valence-electron chi connectivity index (χ2n) is 16.2. The van der Waals surface area contributed by atoms with E-state index in [4.69, 9.17) is 15.3 Å². The smallest absolute Gasteiger partial charge is 0.139 e. The number of methoxy groups -OCH3 is 1. The molecule has 0 radical (unpaired) electrons. The van der Waals surface area contributed by atoms with Crippen molar-refractivity contribution in [3.8, 4) is 34.4 Å². The van der Waals surface area contributed by atoms with Gasteiger partial charge in [0, 0.05) is 45.7 Å². The first-order valence-corrected chi connectivity index (χ1v) is 22.3. The van der Waals surface area contributed by atoms with E-state index in [0.717, 1.165) is 83.7 Å². The first kappa shape index (κ1) is 43.1. The fourth-order valence-corrected chi connectivity index (χ4v) is 8.64. The van der Waals surface area contributed by atoms with Crippen molar-refractivity contribution < 1.29 is 33.7 Å². The van der Waals surface area contributed by atoms with Crippen molar-refractivity contribution >= 4 is 33.7 Å². The number of nitrogens with zero attached hydrogens (tertiary/aromatic N) is 3. The summed E-state index contributed by atoms with van der Waals surface area (Å²) in [6.45, 7) is 8.74. The van der Waals surface area contributed by atoms with Crippen LogP contribution in [0.25, 0.3) is 27.9 Å². The molecule has 11 heteroatoms. The number of rotatable bonds is 6. The van der Waals surface area contributed by atoms with Crippen molar-refractivity contribution in [2.75, 3.05) is 26.6 Å². The second kappa shape index (κ2) is 18.9. The molecule has 2 aliphatic heterocycles. The largest absolute Gasteiger partial charge is 0.508 e. The number of thiol groups is 1. The molecule has 0 bridgehead atoms. The minimum atomic E-state index is -1.36. The van der Waals surface area contributed by atoms with Gasteiger partial charge in [-0.3, -0.25) is 4.21 Å². The Morgan fingerprint density at radius 1 is 0.754 bits per heavy atom. The molecule has 330 valence electrons. The van der Waals surface area contributed by atoms with Crippen LogP contribution in [-0.2, 0) is 17.2 Å². The summed E-state index contributed by atoms with van der Waals surface area (Å²) in [5.74, 6) is 2.38. The third kappa shape index (κ3) is 8.60. The highest BCUT2D eigenvalue weighted by Gasteiger charge is 2.47. The van der Waals surface area contributed by atoms with Crippen molar-refractivity contribution in [3.05, 3.63) is 201 Å². The fourth-order valence-electron chi connectivity index (χ4n) is 8.64. The van der Waals surface area contributed by atoms with Crippen molar-refractivity contribution in [2.24, 2.45) is 0 Å². The number of phenols is 2. The molecule has 0 amide bonds. The summed E-state index contributed by atoms with van der Waals surface area (Å²) >= 11 is -1.36. The average Bonchev–Trinajstić information content (AvgIpc) is 3.75. The van der Waals surface area contributed by atoms with Gasteiger partial charge in [-0.2, -0.15) is 0 Å². The molecule has 65 heavy (non-hydrogen) atoms. The van der Waals surface area contributed by atoms with Gasteiger partial charge in [0.05, 0.1) is 30.8 Å². The highest BCUT2D eigenvalue weighted by Crippen LogP contribution is 2.51. The Kier molecular flexibility index (Phi) is 12.5. The first-order chi connectivity index (χ1) is 31.8. The fraction of sp³-hybridized carbons (Fsp3) is 0.185. The predicted molar refractivity (Wildman–Crippen MR) is 258 cm³/mol. The summed E-state index contributed by atoms with van der Waals surface area (Å²) in [6.07, 6.45) is 1.31. The number of aliphatic hydroxyl groups is 1. The summed E-state index contributed by atoms with van der Waals surface area (Å²) in [7, 11) is 1.64. The van der Waals surface area contributed by atoms with Gasteiger partial charge >= 0.3 is 0 Å². The normalized spacial score (nSPS) is 16.8. The van der Waals surface area contributed by atoms with E-state index >= 15 is 0 Å². The molecule has 0 fully saturated rings. The lowest BCUT2D eigenvalue weighted by Crippen LogP contribution is -2.42. The number of hydrogen-bond acceptors (Lipinski definition) is 9. The number of para-hydroxylation sites is 1. The standard InChI is InChI=1S/C30H27N3O2.C23H20O4.CH4OS/c1-19-8-12-22(13-9-19)25-18-35-29-21(3)27(33-28-7-5-4-6-26(28)31-32-33)17-16-24(29)30(25,34)23-14-10-20(2)11-15-23;1-14-21(25)12-11-19-22(16-5-9-18(26-2)10-6-16)20(13-27-23(14)19)15-3-7-17(24)8-4-15;1-3-2/h4-17,25,34H,18H2,1-3H3;3-12,24-25H,13H2,1-2H3;3H,1H3/i;;3D. The van der Waals surface area contributed by atoms with E-state index in [1.807, 2.05) is 110 Å². The number of fused-ring (bicyclic) bond motifs is 3. The van der Waals surface area contributed by atoms with Gasteiger partial charge in [-0.25, -0.2) is 4.68 Å². The van der Waals surface area contributed by atoms with E-state index < -0.39 is 17.2 Å². The Balaban J connectivity index is 0.000000171. The number of aromatic nitrogens is 3. The van der Waals surface area contributed by atoms with Gasteiger partial charge in [0.15, 0.2) is 0 Å². The Labute approximate surface area is 383 Å². The molecule has 0 spiro atoms. The quantitative estimate of drug-likeness (QED) is 0.120. The zero-order chi connectivity index (χ0) is 46.7. The summed E-state index contributed by atoms with van der Waals surface area (Å²) in [4.78, 5) is 0. The third-order valence-electron chi connectivity index (χ3n) is 12.1. The predicted octanol–water partition coefficient (Wildman–Crippen LogP) is 10.1. The number of phenolic OH excluding ortho intramolecular Hbond substituents is 2. The molecule has 0 aliphatic carbocycles. The number of aryl methyl sites for hydroxylation is 2.